The van der Waals surface area contributed by atoms with Crippen LogP contribution >= 0.6 is 0 Å². The van der Waals surface area contributed by atoms with Crippen LogP contribution in [0.2, 0.25) is 0 Å². The van der Waals surface area contributed by atoms with Crippen LogP contribution in [0.4, 0.5) is 0 Å². The first-order valence-corrected chi connectivity index (χ1v) is 7.25. The molecule has 0 bridgehead atoms. The Kier molecular flexibility index (Phi) is 4.03. The molecule has 3 rings (SSSR count). The summed E-state index contributed by atoms with van der Waals surface area (Å²) in [6.07, 6.45) is 1.55. The van der Waals surface area contributed by atoms with Crippen LogP contribution in [0.3, 0.4) is 0 Å². The molecule has 2 fully saturated rings. The van der Waals surface area contributed by atoms with E-state index in [2.05, 4.69) is 35.2 Å². The highest BCUT2D eigenvalue weighted by Gasteiger charge is 2.44. The predicted octanol–water partition coefficient (Wildman–Crippen LogP) is 1.81. The average Bonchev–Trinajstić information content (AvgIpc) is 3.29. The Bertz CT molecular complexity index is 462. The smallest absolute Gasteiger partial charge is 0.308 e. The molecule has 3 atom stereocenters. The molecular formula is C16H21NO3. The number of hydrogen-bond acceptors (Lipinski definition) is 4. The second kappa shape index (κ2) is 5.94. The number of ether oxygens (including phenoxy) is 2. The lowest BCUT2D eigenvalue weighted by atomic mass is 10.1. The van der Waals surface area contributed by atoms with E-state index in [0.717, 1.165) is 13.1 Å². The first-order chi connectivity index (χ1) is 9.78. The van der Waals surface area contributed by atoms with Gasteiger partial charge in [-0.15, -0.1) is 0 Å². The number of morpholine rings is 1. The second-order valence-corrected chi connectivity index (χ2v) is 5.59. The summed E-state index contributed by atoms with van der Waals surface area (Å²) < 4.78 is 10.4. The number of hydrogen-bond donors (Lipinski definition) is 0. The summed E-state index contributed by atoms with van der Waals surface area (Å²) in [5.74, 6) is 0.459. The zero-order valence-corrected chi connectivity index (χ0v) is 11.8. The van der Waals surface area contributed by atoms with E-state index in [0.29, 0.717) is 25.0 Å². The van der Waals surface area contributed by atoms with Crippen LogP contribution in [0, 0.1) is 0 Å². The second-order valence-electron chi connectivity index (χ2n) is 5.59. The van der Waals surface area contributed by atoms with Crippen molar-refractivity contribution in [2.75, 3.05) is 26.8 Å². The van der Waals surface area contributed by atoms with Gasteiger partial charge in [0.25, 0.3) is 0 Å². The molecule has 1 aromatic carbocycles. The third-order valence-electron chi connectivity index (χ3n) is 4.25. The minimum Gasteiger partial charge on any atom is -0.469 e. The molecule has 1 aliphatic heterocycles. The van der Waals surface area contributed by atoms with Gasteiger partial charge in [-0.2, -0.15) is 0 Å². The molecule has 0 amide bonds. The summed E-state index contributed by atoms with van der Waals surface area (Å²) in [5, 5.41) is 0. The number of benzene rings is 1. The maximum atomic E-state index is 11.3. The van der Waals surface area contributed by atoms with E-state index >= 15 is 0 Å². The van der Waals surface area contributed by atoms with E-state index in [1.54, 1.807) is 0 Å². The average molecular weight is 275 g/mol. The van der Waals surface area contributed by atoms with Crippen molar-refractivity contribution in [2.24, 2.45) is 0 Å². The first-order valence-electron chi connectivity index (χ1n) is 7.25. The van der Waals surface area contributed by atoms with Gasteiger partial charge >= 0.3 is 5.97 Å². The van der Waals surface area contributed by atoms with Crippen molar-refractivity contribution >= 4 is 5.97 Å². The fourth-order valence-electron chi connectivity index (χ4n) is 3.08. The Labute approximate surface area is 119 Å². The Hall–Kier alpha value is -1.39. The molecule has 0 spiro atoms. The van der Waals surface area contributed by atoms with Crippen LogP contribution in [0.15, 0.2) is 30.3 Å². The predicted molar refractivity (Wildman–Crippen MR) is 75.5 cm³/mol. The van der Waals surface area contributed by atoms with Gasteiger partial charge in [0, 0.05) is 25.0 Å². The summed E-state index contributed by atoms with van der Waals surface area (Å²) >= 11 is 0. The highest BCUT2D eigenvalue weighted by Crippen LogP contribution is 2.45. The molecule has 1 aromatic rings. The van der Waals surface area contributed by atoms with E-state index in [4.69, 9.17) is 9.47 Å². The monoisotopic (exact) mass is 275 g/mol. The molecule has 4 heteroatoms. The summed E-state index contributed by atoms with van der Waals surface area (Å²) in [6, 6.07) is 11.3. The van der Waals surface area contributed by atoms with Crippen LogP contribution in [-0.2, 0) is 14.3 Å². The molecule has 0 aromatic heterocycles. The Morgan fingerprint density at radius 3 is 2.95 bits per heavy atom. The van der Waals surface area contributed by atoms with Gasteiger partial charge in [0.2, 0.25) is 0 Å². The standard InChI is InChI=1S/C16H21NO3/c1-19-16(18)9-13-11-17(7-8-20-13)15-10-14(15)12-5-3-2-4-6-12/h2-6,13-15H,7-11H2,1H3/t13?,14-,15-/m1/s1. The van der Waals surface area contributed by atoms with Gasteiger partial charge in [0.1, 0.15) is 0 Å². The molecule has 1 heterocycles. The minimum absolute atomic E-state index is 0.0202. The maximum Gasteiger partial charge on any atom is 0.308 e. The maximum absolute atomic E-state index is 11.3. The number of carbonyl (C=O) groups excluding carboxylic acids is 1. The van der Waals surface area contributed by atoms with Crippen LogP contribution in [0.1, 0.15) is 24.3 Å². The van der Waals surface area contributed by atoms with Gasteiger partial charge < -0.3 is 9.47 Å². The normalized spacial score (nSPS) is 29.9. The van der Waals surface area contributed by atoms with Crippen molar-refractivity contribution in [1.82, 2.24) is 4.90 Å². The third-order valence-corrected chi connectivity index (χ3v) is 4.25. The minimum atomic E-state index is -0.188. The number of esters is 1. The highest BCUT2D eigenvalue weighted by molar-refractivity contribution is 5.69. The van der Waals surface area contributed by atoms with Crippen molar-refractivity contribution < 1.29 is 14.3 Å². The fourth-order valence-corrected chi connectivity index (χ4v) is 3.08. The van der Waals surface area contributed by atoms with E-state index in [1.165, 1.54) is 19.1 Å². The van der Waals surface area contributed by atoms with Gasteiger partial charge in [0.15, 0.2) is 0 Å². The SMILES string of the molecule is COC(=O)CC1CN([C@@H]2C[C@@H]2c2ccccc2)CCO1. The summed E-state index contributed by atoms with van der Waals surface area (Å²) in [4.78, 5) is 13.8. The summed E-state index contributed by atoms with van der Waals surface area (Å²) in [6.45, 7) is 2.51. The fraction of sp³-hybridized carbons (Fsp3) is 0.562. The van der Waals surface area contributed by atoms with Crippen molar-refractivity contribution in [1.29, 1.82) is 0 Å². The Balaban J connectivity index is 1.55. The van der Waals surface area contributed by atoms with Crippen LogP contribution in [0.5, 0.6) is 0 Å². The Morgan fingerprint density at radius 1 is 1.40 bits per heavy atom. The lowest BCUT2D eigenvalue weighted by Crippen LogP contribution is -2.44. The van der Waals surface area contributed by atoms with E-state index in [-0.39, 0.29) is 12.1 Å². The molecule has 108 valence electrons. The molecule has 1 unspecified atom stereocenters. The Morgan fingerprint density at radius 2 is 2.20 bits per heavy atom. The zero-order valence-electron chi connectivity index (χ0n) is 11.8. The molecule has 20 heavy (non-hydrogen) atoms. The van der Waals surface area contributed by atoms with Crippen molar-refractivity contribution in [3.8, 4) is 0 Å². The largest absolute Gasteiger partial charge is 0.469 e. The topological polar surface area (TPSA) is 38.8 Å². The van der Waals surface area contributed by atoms with Gasteiger partial charge in [-0.05, 0) is 12.0 Å². The van der Waals surface area contributed by atoms with Crippen LogP contribution < -0.4 is 0 Å². The van der Waals surface area contributed by atoms with Gasteiger partial charge in [-0.3, -0.25) is 9.69 Å². The van der Waals surface area contributed by atoms with Gasteiger partial charge in [0.05, 0.1) is 26.2 Å². The van der Waals surface area contributed by atoms with Crippen LogP contribution in [0.25, 0.3) is 0 Å². The first kappa shape index (κ1) is 13.6. The van der Waals surface area contributed by atoms with Crippen molar-refractivity contribution in [2.45, 2.75) is 30.9 Å². The van der Waals surface area contributed by atoms with Crippen LogP contribution in [-0.4, -0.2) is 49.8 Å². The van der Waals surface area contributed by atoms with E-state index < -0.39 is 0 Å². The number of rotatable bonds is 4. The van der Waals surface area contributed by atoms with E-state index in [1.807, 2.05) is 0 Å². The molecule has 1 aliphatic carbocycles. The number of methoxy groups -OCH3 is 1. The summed E-state index contributed by atoms with van der Waals surface area (Å²) in [7, 11) is 1.43. The molecule has 2 aliphatic rings. The zero-order chi connectivity index (χ0) is 13.9. The molecule has 0 N–H and O–H groups in total. The molecular weight excluding hydrogens is 254 g/mol. The number of carbonyl (C=O) groups is 1. The van der Waals surface area contributed by atoms with Gasteiger partial charge in [-0.1, -0.05) is 30.3 Å². The van der Waals surface area contributed by atoms with Crippen molar-refractivity contribution in [3.63, 3.8) is 0 Å². The quantitative estimate of drug-likeness (QED) is 0.786. The molecule has 1 saturated carbocycles. The lowest BCUT2D eigenvalue weighted by Gasteiger charge is -2.33. The molecule has 4 nitrogen and oxygen atoms in total. The van der Waals surface area contributed by atoms with Crippen molar-refractivity contribution in [3.05, 3.63) is 35.9 Å². The van der Waals surface area contributed by atoms with Gasteiger partial charge in [-0.25, -0.2) is 0 Å². The number of nitrogens with zero attached hydrogens (tertiary/aromatic N) is 1. The third kappa shape index (κ3) is 3.02. The lowest BCUT2D eigenvalue weighted by molar-refractivity contribution is -0.145. The highest BCUT2D eigenvalue weighted by atomic mass is 16.5. The molecule has 1 saturated heterocycles. The summed E-state index contributed by atoms with van der Waals surface area (Å²) in [5.41, 5.74) is 1.42. The van der Waals surface area contributed by atoms with E-state index in [9.17, 15) is 4.79 Å². The molecule has 0 radical (unpaired) electrons.